The van der Waals surface area contributed by atoms with E-state index in [4.69, 9.17) is 14.8 Å². The third-order valence-corrected chi connectivity index (χ3v) is 11.1. The first-order valence-corrected chi connectivity index (χ1v) is 19.0. The molecule has 0 spiro atoms. The maximum absolute atomic E-state index is 6.78. The molecule has 0 saturated carbocycles. The van der Waals surface area contributed by atoms with Gasteiger partial charge in [0.2, 0.25) is 0 Å². The van der Waals surface area contributed by atoms with Gasteiger partial charge in [0, 0.05) is 46.3 Å². The van der Waals surface area contributed by atoms with Crippen LogP contribution >= 0.6 is 0 Å². The fraction of sp³-hybridized carbons (Fsp3) is 0.391. The summed E-state index contributed by atoms with van der Waals surface area (Å²) in [6, 6.07) is 26.0. The molecular weight excluding hydrogens is 625 g/mol. The molecule has 3 heterocycles. The number of benzene rings is 3. The van der Waals surface area contributed by atoms with Gasteiger partial charge in [0.05, 0.1) is 22.4 Å². The number of rotatable bonds is 9. The second kappa shape index (κ2) is 13.8. The van der Waals surface area contributed by atoms with Crippen LogP contribution in [0.5, 0.6) is 11.5 Å². The summed E-state index contributed by atoms with van der Waals surface area (Å²) in [5.41, 5.74) is 11.0. The van der Waals surface area contributed by atoms with E-state index in [0.717, 1.165) is 46.2 Å². The van der Waals surface area contributed by atoms with Crippen molar-refractivity contribution in [2.75, 3.05) is 0 Å². The molecule has 1 aliphatic carbocycles. The number of nitrogens with zero attached hydrogens (tertiary/aromatic N) is 4. The summed E-state index contributed by atoms with van der Waals surface area (Å²) in [7, 11) is 0. The number of fused-ring (bicyclic) bond motifs is 3. The lowest BCUT2D eigenvalue weighted by Crippen LogP contribution is -2.24. The topological polar surface area (TPSA) is 44.9 Å². The van der Waals surface area contributed by atoms with Crippen LogP contribution in [0.2, 0.25) is 0 Å². The van der Waals surface area contributed by atoms with Crippen molar-refractivity contribution in [3.63, 3.8) is 0 Å². The molecule has 3 aromatic heterocycles. The van der Waals surface area contributed by atoms with Crippen LogP contribution in [-0.4, -0.2) is 19.3 Å². The van der Waals surface area contributed by atoms with Crippen LogP contribution in [0.25, 0.3) is 33.3 Å². The largest absolute Gasteiger partial charge is 0.457 e. The molecular formula is C46H54N4O. The molecule has 264 valence electrons. The summed E-state index contributed by atoms with van der Waals surface area (Å²) in [5.74, 6) is 5.68. The van der Waals surface area contributed by atoms with Crippen molar-refractivity contribution in [2.45, 2.75) is 93.9 Å². The van der Waals surface area contributed by atoms with Gasteiger partial charge in [0.1, 0.15) is 17.3 Å². The van der Waals surface area contributed by atoms with Gasteiger partial charge >= 0.3 is 0 Å². The van der Waals surface area contributed by atoms with Crippen LogP contribution in [0.15, 0.2) is 90.6 Å². The second-order valence-electron chi connectivity index (χ2n) is 16.2. The van der Waals surface area contributed by atoms with E-state index in [1.54, 1.807) is 0 Å². The molecule has 1 aliphatic rings. The second-order valence-corrected chi connectivity index (χ2v) is 16.2. The number of aryl methyl sites for hydroxylation is 1. The Kier molecular flexibility index (Phi) is 9.43. The molecule has 1 unspecified atom stereocenters. The Morgan fingerprint density at radius 2 is 1.59 bits per heavy atom. The van der Waals surface area contributed by atoms with Crippen molar-refractivity contribution in [2.24, 2.45) is 23.7 Å². The van der Waals surface area contributed by atoms with Gasteiger partial charge in [-0.3, -0.25) is 4.57 Å². The Morgan fingerprint density at radius 1 is 0.824 bits per heavy atom. The molecule has 5 heteroatoms. The normalized spacial score (nSPS) is 18.1. The number of hydrogen-bond donors (Lipinski definition) is 0. The highest BCUT2D eigenvalue weighted by molar-refractivity contribution is 6.09. The number of pyridine rings is 1. The number of aromatic nitrogens is 4. The molecule has 0 N–H and O–H groups in total. The summed E-state index contributed by atoms with van der Waals surface area (Å²) in [5, 5.41) is 7.57. The fourth-order valence-electron chi connectivity index (χ4n) is 8.55. The molecule has 0 saturated heterocycles. The van der Waals surface area contributed by atoms with Crippen molar-refractivity contribution >= 4 is 21.8 Å². The number of para-hydroxylation sites is 1. The van der Waals surface area contributed by atoms with E-state index in [-0.39, 0.29) is 0 Å². The van der Waals surface area contributed by atoms with Gasteiger partial charge in [-0.1, -0.05) is 78.3 Å². The fourth-order valence-corrected chi connectivity index (χ4v) is 8.55. The number of ether oxygens (including phenoxy) is 1. The minimum absolute atomic E-state index is 0.328. The Balaban J connectivity index is 1.29. The predicted molar refractivity (Wildman–Crippen MR) is 213 cm³/mol. The summed E-state index contributed by atoms with van der Waals surface area (Å²) >= 11 is 0. The monoisotopic (exact) mass is 678 g/mol. The first-order chi connectivity index (χ1) is 24.4. The third kappa shape index (κ3) is 6.64. The van der Waals surface area contributed by atoms with E-state index < -0.39 is 0 Å². The van der Waals surface area contributed by atoms with Crippen LogP contribution in [0, 0.1) is 37.5 Å². The molecule has 3 aromatic carbocycles. The Bertz CT molecular complexity index is 2250. The van der Waals surface area contributed by atoms with Crippen molar-refractivity contribution < 1.29 is 4.74 Å². The van der Waals surface area contributed by atoms with Crippen molar-refractivity contribution in [3.8, 4) is 23.0 Å². The lowest BCUT2D eigenvalue weighted by atomic mass is 9.69. The van der Waals surface area contributed by atoms with Gasteiger partial charge in [-0.15, -0.1) is 0 Å². The lowest BCUT2D eigenvalue weighted by molar-refractivity contribution is 0.317. The van der Waals surface area contributed by atoms with Gasteiger partial charge in [0.25, 0.3) is 0 Å². The maximum Gasteiger partial charge on any atom is 0.137 e. The molecule has 3 atom stereocenters. The molecule has 6 aromatic rings. The van der Waals surface area contributed by atoms with Gasteiger partial charge in [0.15, 0.2) is 0 Å². The van der Waals surface area contributed by atoms with Crippen molar-refractivity contribution in [1.82, 2.24) is 19.3 Å². The summed E-state index contributed by atoms with van der Waals surface area (Å²) in [6.45, 7) is 22.9. The third-order valence-electron chi connectivity index (χ3n) is 11.1. The predicted octanol–water partition coefficient (Wildman–Crippen LogP) is 12.4. The van der Waals surface area contributed by atoms with Gasteiger partial charge in [-0.05, 0) is 117 Å². The SMILES string of the molecule is CC1=C[C@H](C(C)C)C[C@H](C)C1c1c(C)nn(-c2cc(Oc3ccc4c5ccccc5n(-c5cc(CC(C)C)ccn5)c4c3)cc(C(C)C)c2)c1C. The Morgan fingerprint density at radius 3 is 2.31 bits per heavy atom. The van der Waals surface area contributed by atoms with Crippen LogP contribution in [0.3, 0.4) is 0 Å². The number of hydrogen-bond acceptors (Lipinski definition) is 3. The quantitative estimate of drug-likeness (QED) is 0.143. The molecule has 0 bridgehead atoms. The smallest absolute Gasteiger partial charge is 0.137 e. The number of allylic oxidation sites excluding steroid dienone is 2. The van der Waals surface area contributed by atoms with Gasteiger partial charge in [-0.2, -0.15) is 5.10 Å². The first-order valence-electron chi connectivity index (χ1n) is 19.0. The van der Waals surface area contributed by atoms with E-state index in [0.29, 0.717) is 35.5 Å². The molecule has 0 fully saturated rings. The van der Waals surface area contributed by atoms with Crippen LogP contribution in [0.1, 0.15) is 102 Å². The average Bonchev–Trinajstić information content (AvgIpc) is 3.56. The maximum atomic E-state index is 6.78. The van der Waals surface area contributed by atoms with Crippen LogP contribution < -0.4 is 4.74 Å². The zero-order chi connectivity index (χ0) is 36.1. The summed E-state index contributed by atoms with van der Waals surface area (Å²) in [4.78, 5) is 4.86. The minimum Gasteiger partial charge on any atom is -0.457 e. The highest BCUT2D eigenvalue weighted by atomic mass is 16.5. The average molecular weight is 679 g/mol. The van der Waals surface area contributed by atoms with Crippen LogP contribution in [0.4, 0.5) is 0 Å². The summed E-state index contributed by atoms with van der Waals surface area (Å²) in [6.07, 6.45) is 6.70. The molecule has 0 aliphatic heterocycles. The highest BCUT2D eigenvalue weighted by Crippen LogP contribution is 2.45. The van der Waals surface area contributed by atoms with E-state index >= 15 is 0 Å². The first kappa shape index (κ1) is 34.8. The summed E-state index contributed by atoms with van der Waals surface area (Å²) < 4.78 is 11.2. The van der Waals surface area contributed by atoms with Crippen molar-refractivity contribution in [1.29, 1.82) is 0 Å². The van der Waals surface area contributed by atoms with Gasteiger partial charge in [-0.25, -0.2) is 9.67 Å². The molecule has 5 nitrogen and oxygen atoms in total. The standard InChI is InChI=1S/C46H54N4O/c1-27(2)19-34-17-18-47-44(22-34)49-42-14-12-11-13-40(42)41-16-15-38(26-43(41)49)51-39-24-36(29(5)6)23-37(25-39)50-33(10)46(32(9)48-50)45-30(7)20-35(28(3)4)21-31(45)8/h11-18,20,22-29,31,35,45H,19,21H2,1-10H3/t31-,35-,45?/m0/s1. The lowest BCUT2D eigenvalue weighted by Gasteiger charge is -2.35. The van der Waals surface area contributed by atoms with Gasteiger partial charge < -0.3 is 4.74 Å². The minimum atomic E-state index is 0.328. The zero-order valence-corrected chi connectivity index (χ0v) is 32.2. The molecule has 51 heavy (non-hydrogen) atoms. The molecule has 7 rings (SSSR count). The van der Waals surface area contributed by atoms with E-state index in [1.807, 2.05) is 6.20 Å². The van der Waals surface area contributed by atoms with E-state index in [1.165, 1.54) is 45.2 Å². The Hall–Kier alpha value is -4.64. The Labute approximate surface area is 304 Å². The van der Waals surface area contributed by atoms with E-state index in [2.05, 4.69) is 157 Å². The molecule has 0 radical (unpaired) electrons. The molecule has 0 amide bonds. The van der Waals surface area contributed by atoms with E-state index in [9.17, 15) is 0 Å². The zero-order valence-electron chi connectivity index (χ0n) is 32.2. The van der Waals surface area contributed by atoms with Crippen LogP contribution in [-0.2, 0) is 6.42 Å². The highest BCUT2D eigenvalue weighted by Gasteiger charge is 2.33. The van der Waals surface area contributed by atoms with Crippen molar-refractivity contribution in [3.05, 3.63) is 119 Å².